The van der Waals surface area contributed by atoms with Crippen LogP contribution in [0.2, 0.25) is 0 Å². The summed E-state index contributed by atoms with van der Waals surface area (Å²) in [5, 5.41) is 17.3. The maximum absolute atomic E-state index is 11.1. The molecule has 0 saturated carbocycles. The van der Waals surface area contributed by atoms with Gasteiger partial charge >= 0.3 is 0 Å². The van der Waals surface area contributed by atoms with Gasteiger partial charge in [-0.25, -0.2) is 9.97 Å². The normalized spacial score (nSPS) is 10.8. The molecule has 0 aliphatic rings. The predicted octanol–water partition coefficient (Wildman–Crippen LogP) is 5.32. The Morgan fingerprint density at radius 1 is 1.12 bits per heavy atom. The van der Waals surface area contributed by atoms with Crippen LogP contribution < -0.4 is 5.32 Å². The summed E-state index contributed by atoms with van der Waals surface area (Å²) in [6.45, 7) is 1.90. The number of non-ortho nitro benzene ring substituents is 1. The number of rotatable bonds is 4. The summed E-state index contributed by atoms with van der Waals surface area (Å²) >= 11 is 1.55. The molecule has 0 amide bonds. The number of aryl methyl sites for hydroxylation is 1. The zero-order valence-corrected chi connectivity index (χ0v) is 14.7. The first-order valence-corrected chi connectivity index (χ1v) is 8.81. The SMILES string of the molecule is Cc1ccc([N+](=O)[O-])cc1Nc1ncnc2scc(-c3ccccc3)c12. The second kappa shape index (κ2) is 6.53. The van der Waals surface area contributed by atoms with Crippen molar-refractivity contribution in [1.29, 1.82) is 0 Å². The largest absolute Gasteiger partial charge is 0.339 e. The van der Waals surface area contributed by atoms with E-state index in [2.05, 4.69) is 20.7 Å². The molecule has 0 unspecified atom stereocenters. The standard InChI is InChI=1S/C19H14N4O2S/c1-12-7-8-14(23(24)25)9-16(12)22-18-17-15(13-5-3-2-4-6-13)10-26-19(17)21-11-20-18/h2-11H,1H3,(H,20,21,22). The van der Waals surface area contributed by atoms with E-state index in [1.165, 1.54) is 18.5 Å². The Morgan fingerprint density at radius 3 is 2.69 bits per heavy atom. The maximum atomic E-state index is 11.1. The molecule has 26 heavy (non-hydrogen) atoms. The minimum Gasteiger partial charge on any atom is -0.339 e. The highest BCUT2D eigenvalue weighted by Crippen LogP contribution is 2.37. The number of nitrogens with one attached hydrogen (secondary N) is 1. The van der Waals surface area contributed by atoms with Crippen molar-refractivity contribution in [2.24, 2.45) is 0 Å². The van der Waals surface area contributed by atoms with Crippen molar-refractivity contribution in [3.63, 3.8) is 0 Å². The molecule has 0 fully saturated rings. The average molecular weight is 362 g/mol. The van der Waals surface area contributed by atoms with E-state index in [1.54, 1.807) is 17.4 Å². The molecule has 0 bridgehead atoms. The molecule has 1 N–H and O–H groups in total. The average Bonchev–Trinajstić information content (AvgIpc) is 3.09. The van der Waals surface area contributed by atoms with Crippen LogP contribution in [0.3, 0.4) is 0 Å². The van der Waals surface area contributed by atoms with Crippen molar-refractivity contribution >= 4 is 38.7 Å². The molecular weight excluding hydrogens is 348 g/mol. The van der Waals surface area contributed by atoms with Crippen LogP contribution in [0.15, 0.2) is 60.2 Å². The van der Waals surface area contributed by atoms with E-state index in [0.717, 1.165) is 26.9 Å². The van der Waals surface area contributed by atoms with Gasteiger partial charge in [-0.05, 0) is 18.1 Å². The minimum atomic E-state index is -0.403. The molecule has 0 aliphatic carbocycles. The van der Waals surface area contributed by atoms with Crippen LogP contribution in [0.5, 0.6) is 0 Å². The Morgan fingerprint density at radius 2 is 1.92 bits per heavy atom. The van der Waals surface area contributed by atoms with E-state index in [9.17, 15) is 10.1 Å². The van der Waals surface area contributed by atoms with Gasteiger partial charge in [0.25, 0.3) is 5.69 Å². The zero-order valence-electron chi connectivity index (χ0n) is 13.8. The highest BCUT2D eigenvalue weighted by atomic mass is 32.1. The van der Waals surface area contributed by atoms with E-state index >= 15 is 0 Å². The van der Waals surface area contributed by atoms with Crippen LogP contribution >= 0.6 is 11.3 Å². The van der Waals surface area contributed by atoms with Crippen molar-refractivity contribution in [3.05, 3.63) is 75.9 Å². The Hall–Kier alpha value is -3.32. The van der Waals surface area contributed by atoms with Gasteiger partial charge in [0, 0.05) is 28.8 Å². The molecule has 2 aromatic carbocycles. The molecular formula is C19H14N4O2S. The number of aromatic nitrogens is 2. The van der Waals surface area contributed by atoms with Crippen molar-refractivity contribution in [3.8, 4) is 11.1 Å². The summed E-state index contributed by atoms with van der Waals surface area (Å²) in [5.41, 5.74) is 3.71. The quantitative estimate of drug-likeness (QED) is 0.392. The fourth-order valence-electron chi connectivity index (χ4n) is 2.79. The summed E-state index contributed by atoms with van der Waals surface area (Å²) < 4.78 is 0. The molecule has 2 heterocycles. The number of hydrogen-bond donors (Lipinski definition) is 1. The first-order chi connectivity index (χ1) is 12.6. The fourth-order valence-corrected chi connectivity index (χ4v) is 3.70. The van der Waals surface area contributed by atoms with Crippen LogP contribution in [0.4, 0.5) is 17.2 Å². The second-order valence-corrected chi connectivity index (χ2v) is 6.66. The number of benzene rings is 2. The van der Waals surface area contributed by atoms with E-state index in [-0.39, 0.29) is 5.69 Å². The molecule has 0 atom stereocenters. The highest BCUT2D eigenvalue weighted by Gasteiger charge is 2.15. The van der Waals surface area contributed by atoms with Gasteiger partial charge in [0.15, 0.2) is 0 Å². The van der Waals surface area contributed by atoms with Gasteiger partial charge in [-0.2, -0.15) is 0 Å². The van der Waals surface area contributed by atoms with Gasteiger partial charge < -0.3 is 5.32 Å². The minimum absolute atomic E-state index is 0.0389. The number of anilines is 2. The van der Waals surface area contributed by atoms with E-state index in [0.29, 0.717) is 11.5 Å². The smallest absolute Gasteiger partial charge is 0.271 e. The van der Waals surface area contributed by atoms with Gasteiger partial charge in [0.1, 0.15) is 17.0 Å². The van der Waals surface area contributed by atoms with Gasteiger partial charge in [-0.3, -0.25) is 10.1 Å². The lowest BCUT2D eigenvalue weighted by Gasteiger charge is -2.10. The number of fused-ring (bicyclic) bond motifs is 1. The molecule has 4 aromatic rings. The Kier molecular flexibility index (Phi) is 4.06. The molecule has 4 rings (SSSR count). The first-order valence-electron chi connectivity index (χ1n) is 7.93. The van der Waals surface area contributed by atoms with Gasteiger partial charge in [-0.15, -0.1) is 11.3 Å². The highest BCUT2D eigenvalue weighted by molar-refractivity contribution is 7.17. The van der Waals surface area contributed by atoms with Gasteiger partial charge in [0.05, 0.1) is 10.3 Å². The molecule has 7 heteroatoms. The number of nitro groups is 1. The van der Waals surface area contributed by atoms with Crippen LogP contribution in [0.25, 0.3) is 21.3 Å². The lowest BCUT2D eigenvalue weighted by atomic mass is 10.1. The Bertz CT molecular complexity index is 1110. The van der Waals surface area contributed by atoms with Crippen molar-refractivity contribution in [2.45, 2.75) is 6.92 Å². The third-order valence-electron chi connectivity index (χ3n) is 4.14. The lowest BCUT2D eigenvalue weighted by molar-refractivity contribution is -0.384. The lowest BCUT2D eigenvalue weighted by Crippen LogP contribution is -1.99. The molecule has 6 nitrogen and oxygen atoms in total. The number of thiophene rings is 1. The third kappa shape index (κ3) is 2.89. The van der Waals surface area contributed by atoms with Crippen LogP contribution in [0.1, 0.15) is 5.56 Å². The maximum Gasteiger partial charge on any atom is 0.271 e. The number of nitrogens with zero attached hydrogens (tertiary/aromatic N) is 3. The molecule has 128 valence electrons. The van der Waals surface area contributed by atoms with Gasteiger partial charge in [0.2, 0.25) is 0 Å². The molecule has 0 radical (unpaired) electrons. The Labute approximate surface area is 153 Å². The van der Waals surface area contributed by atoms with Crippen molar-refractivity contribution in [1.82, 2.24) is 9.97 Å². The van der Waals surface area contributed by atoms with Crippen LogP contribution in [-0.4, -0.2) is 14.9 Å². The topological polar surface area (TPSA) is 81.0 Å². The van der Waals surface area contributed by atoms with E-state index in [1.807, 2.05) is 37.3 Å². The molecule has 2 aromatic heterocycles. The third-order valence-corrected chi connectivity index (χ3v) is 5.03. The number of nitro benzene ring substituents is 1. The van der Waals surface area contributed by atoms with Crippen molar-refractivity contribution in [2.75, 3.05) is 5.32 Å². The summed E-state index contributed by atoms with van der Waals surface area (Å²) in [5.74, 6) is 0.638. The van der Waals surface area contributed by atoms with Crippen LogP contribution in [-0.2, 0) is 0 Å². The summed E-state index contributed by atoms with van der Waals surface area (Å²) in [7, 11) is 0. The summed E-state index contributed by atoms with van der Waals surface area (Å²) in [4.78, 5) is 20.3. The van der Waals surface area contributed by atoms with Crippen molar-refractivity contribution < 1.29 is 4.92 Å². The molecule has 0 aliphatic heterocycles. The second-order valence-electron chi connectivity index (χ2n) is 5.80. The number of hydrogen-bond acceptors (Lipinski definition) is 6. The molecule has 0 spiro atoms. The summed E-state index contributed by atoms with van der Waals surface area (Å²) in [6.07, 6.45) is 1.50. The first kappa shape index (κ1) is 16.2. The summed E-state index contributed by atoms with van der Waals surface area (Å²) in [6, 6.07) is 14.8. The molecule has 0 saturated heterocycles. The monoisotopic (exact) mass is 362 g/mol. The Balaban J connectivity index is 1.84. The predicted molar refractivity (Wildman–Crippen MR) is 104 cm³/mol. The van der Waals surface area contributed by atoms with E-state index < -0.39 is 4.92 Å². The zero-order chi connectivity index (χ0) is 18.1. The van der Waals surface area contributed by atoms with E-state index in [4.69, 9.17) is 0 Å². The van der Waals surface area contributed by atoms with Crippen LogP contribution in [0, 0.1) is 17.0 Å². The van der Waals surface area contributed by atoms with Gasteiger partial charge in [-0.1, -0.05) is 36.4 Å². The fraction of sp³-hybridized carbons (Fsp3) is 0.0526.